The molecular weight excluding hydrogens is 394 g/mol. The first-order valence-electron chi connectivity index (χ1n) is 3.71. The normalized spacial score (nSPS) is 11.5. The maximum atomic E-state index is 2.46. The van der Waals surface area contributed by atoms with Crippen LogP contribution < -0.4 is 0 Å². The van der Waals surface area contributed by atoms with Gasteiger partial charge < -0.3 is 0 Å². The van der Waals surface area contributed by atoms with E-state index >= 15 is 0 Å². The summed E-state index contributed by atoms with van der Waals surface area (Å²) in [5.41, 5.74) is 1.57. The second-order valence-corrected chi connectivity index (χ2v) is 17.0. The van der Waals surface area contributed by atoms with Gasteiger partial charge >= 0.3 is 0 Å². The van der Waals surface area contributed by atoms with Gasteiger partial charge in [0.05, 0.1) is 0 Å². The van der Waals surface area contributed by atoms with Crippen LogP contribution in [0.4, 0.5) is 0 Å². The SMILES string of the molecule is C[Si](C)(C)C[Si](C)(C)C.I.I. The molecule has 0 saturated carbocycles. The Hall–Kier alpha value is 1.89. The molecule has 0 N–H and O–H groups in total. The lowest BCUT2D eigenvalue weighted by Crippen LogP contribution is -2.34. The molecule has 0 aromatic heterocycles. The molecule has 0 saturated heterocycles. The third-order valence-corrected chi connectivity index (χ3v) is 9.55. The average Bonchev–Trinajstić information content (AvgIpc) is 1.14. The highest BCUT2D eigenvalue weighted by atomic mass is 127. The second-order valence-electron chi connectivity index (χ2n) is 5.30. The molecule has 0 heterocycles. The van der Waals surface area contributed by atoms with Gasteiger partial charge in [0.1, 0.15) is 0 Å². The Morgan fingerprint density at radius 2 is 0.818 bits per heavy atom. The summed E-state index contributed by atoms with van der Waals surface area (Å²) in [6, 6.07) is 0. The summed E-state index contributed by atoms with van der Waals surface area (Å²) in [5, 5.41) is 0. The van der Waals surface area contributed by atoms with Crippen molar-refractivity contribution in [2.45, 2.75) is 44.9 Å². The smallest absolute Gasteiger partial charge is 0.0416 e. The summed E-state index contributed by atoms with van der Waals surface area (Å²) < 4.78 is 0. The zero-order valence-corrected chi connectivity index (χ0v) is 15.2. The molecule has 0 unspecified atom stereocenters. The highest BCUT2D eigenvalue weighted by Gasteiger charge is 2.23. The van der Waals surface area contributed by atoms with E-state index in [-0.39, 0.29) is 48.0 Å². The van der Waals surface area contributed by atoms with E-state index < -0.39 is 16.1 Å². The van der Waals surface area contributed by atoms with Gasteiger partial charge in [0.15, 0.2) is 0 Å². The quantitative estimate of drug-likeness (QED) is 0.462. The minimum Gasteiger partial charge on any atom is -0.107 e. The Balaban J connectivity index is -0.000000320. The van der Waals surface area contributed by atoms with Gasteiger partial charge in [-0.2, -0.15) is 0 Å². The number of halogens is 2. The highest BCUT2D eigenvalue weighted by Crippen LogP contribution is 2.18. The van der Waals surface area contributed by atoms with E-state index in [9.17, 15) is 0 Å². The van der Waals surface area contributed by atoms with Gasteiger partial charge in [0.2, 0.25) is 0 Å². The molecular formula is C7H22I2Si2. The van der Waals surface area contributed by atoms with Crippen LogP contribution in [0.5, 0.6) is 0 Å². The molecule has 0 spiro atoms. The summed E-state index contributed by atoms with van der Waals surface area (Å²) in [6.07, 6.45) is 0. The van der Waals surface area contributed by atoms with Crippen LogP contribution in [0.25, 0.3) is 0 Å². The molecule has 0 radical (unpaired) electrons. The van der Waals surface area contributed by atoms with Crippen molar-refractivity contribution in [2.24, 2.45) is 0 Å². The van der Waals surface area contributed by atoms with Gasteiger partial charge in [0.25, 0.3) is 0 Å². The van der Waals surface area contributed by atoms with Gasteiger partial charge in [0, 0.05) is 16.1 Å². The van der Waals surface area contributed by atoms with Crippen molar-refractivity contribution in [2.75, 3.05) is 0 Å². The van der Waals surface area contributed by atoms with Crippen molar-refractivity contribution < 1.29 is 0 Å². The number of rotatable bonds is 2. The molecule has 0 aliphatic rings. The minimum atomic E-state index is -0.731. The molecule has 0 aromatic rings. The van der Waals surface area contributed by atoms with Crippen molar-refractivity contribution in [3.05, 3.63) is 0 Å². The minimum absolute atomic E-state index is 0. The van der Waals surface area contributed by atoms with Crippen LogP contribution in [0.15, 0.2) is 0 Å². The molecule has 0 aliphatic carbocycles. The van der Waals surface area contributed by atoms with Crippen LogP contribution in [-0.4, -0.2) is 16.1 Å². The van der Waals surface area contributed by atoms with E-state index in [1.807, 2.05) is 0 Å². The van der Waals surface area contributed by atoms with Crippen LogP contribution in [0.3, 0.4) is 0 Å². The Kier molecular flexibility index (Phi) is 10.8. The molecule has 0 aromatic carbocycles. The zero-order chi connectivity index (χ0) is 7.71. The van der Waals surface area contributed by atoms with Crippen molar-refractivity contribution >= 4 is 64.1 Å². The fourth-order valence-electron chi connectivity index (χ4n) is 1.59. The fourth-order valence-corrected chi connectivity index (χ4v) is 14.3. The molecule has 0 nitrogen and oxygen atoms in total. The average molecular weight is 416 g/mol. The van der Waals surface area contributed by atoms with Gasteiger partial charge in [-0.1, -0.05) is 44.9 Å². The molecule has 4 heteroatoms. The van der Waals surface area contributed by atoms with Crippen molar-refractivity contribution in [3.63, 3.8) is 0 Å². The van der Waals surface area contributed by atoms with E-state index in [0.29, 0.717) is 0 Å². The van der Waals surface area contributed by atoms with Crippen LogP contribution in [0.1, 0.15) is 0 Å². The van der Waals surface area contributed by atoms with Crippen LogP contribution in [0, 0.1) is 0 Å². The predicted molar refractivity (Wildman–Crippen MR) is 82.3 cm³/mol. The van der Waals surface area contributed by atoms with Gasteiger partial charge in [-0.05, 0) is 0 Å². The summed E-state index contributed by atoms with van der Waals surface area (Å²) in [4.78, 5) is 0. The van der Waals surface area contributed by atoms with E-state index in [1.54, 1.807) is 5.67 Å². The maximum absolute atomic E-state index is 2.46. The van der Waals surface area contributed by atoms with Crippen molar-refractivity contribution in [3.8, 4) is 0 Å². The maximum Gasteiger partial charge on any atom is 0.0416 e. The molecule has 0 aliphatic heterocycles. The molecule has 0 atom stereocenters. The Morgan fingerprint density at radius 3 is 0.818 bits per heavy atom. The Labute approximate surface area is 108 Å². The third kappa shape index (κ3) is 18.7. The zero-order valence-electron chi connectivity index (χ0n) is 8.52. The lowest BCUT2D eigenvalue weighted by atomic mass is 11.7. The molecule has 0 rings (SSSR count). The Morgan fingerprint density at radius 1 is 0.636 bits per heavy atom. The van der Waals surface area contributed by atoms with E-state index in [0.717, 1.165) is 0 Å². The number of hydrogen-bond donors (Lipinski definition) is 0. The Bertz CT molecular complexity index is 79.6. The summed E-state index contributed by atoms with van der Waals surface area (Å²) in [7, 11) is -1.46. The molecule has 0 amide bonds. The molecule has 0 fully saturated rings. The van der Waals surface area contributed by atoms with Crippen LogP contribution >= 0.6 is 48.0 Å². The largest absolute Gasteiger partial charge is 0.107 e. The summed E-state index contributed by atoms with van der Waals surface area (Å²) >= 11 is 0. The molecule has 11 heavy (non-hydrogen) atoms. The van der Waals surface area contributed by atoms with Gasteiger partial charge in [-0.15, -0.1) is 48.0 Å². The van der Waals surface area contributed by atoms with Crippen molar-refractivity contribution in [1.82, 2.24) is 0 Å². The van der Waals surface area contributed by atoms with Gasteiger partial charge in [-0.25, -0.2) is 0 Å². The molecule has 0 bridgehead atoms. The fraction of sp³-hybridized carbons (Fsp3) is 1.00. The van der Waals surface area contributed by atoms with E-state index in [2.05, 4.69) is 39.3 Å². The van der Waals surface area contributed by atoms with Crippen molar-refractivity contribution in [1.29, 1.82) is 0 Å². The summed E-state index contributed by atoms with van der Waals surface area (Å²) in [6.45, 7) is 14.8. The van der Waals surface area contributed by atoms with Gasteiger partial charge in [-0.3, -0.25) is 0 Å². The first kappa shape index (κ1) is 18.6. The predicted octanol–water partition coefficient (Wildman–Crippen LogP) is 4.44. The van der Waals surface area contributed by atoms with E-state index in [4.69, 9.17) is 0 Å². The lowest BCUT2D eigenvalue weighted by molar-refractivity contribution is 1.52. The monoisotopic (exact) mass is 416 g/mol. The van der Waals surface area contributed by atoms with Crippen LogP contribution in [-0.2, 0) is 0 Å². The second kappa shape index (κ2) is 6.36. The first-order valence-corrected chi connectivity index (χ1v) is 11.1. The highest BCUT2D eigenvalue weighted by molar-refractivity contribution is 14.0. The molecule has 72 valence electrons. The number of hydrogen-bond acceptors (Lipinski definition) is 0. The lowest BCUT2D eigenvalue weighted by Gasteiger charge is -2.25. The third-order valence-electron chi connectivity index (χ3n) is 1.06. The van der Waals surface area contributed by atoms with E-state index in [1.165, 1.54) is 0 Å². The standard InChI is InChI=1S/C7H20Si2.2HI/c1-8(2,3)7-9(4,5)6;;/h7H2,1-6H3;2*1H. The summed E-state index contributed by atoms with van der Waals surface area (Å²) in [5.74, 6) is 0. The first-order chi connectivity index (χ1) is 3.71. The topological polar surface area (TPSA) is 0 Å². The van der Waals surface area contributed by atoms with Crippen LogP contribution in [0.2, 0.25) is 44.9 Å².